The zero-order valence-corrected chi connectivity index (χ0v) is 13.0. The molecule has 0 aliphatic rings. The molecule has 0 fully saturated rings. The topological polar surface area (TPSA) is 54.0 Å². The second kappa shape index (κ2) is 6.59. The van der Waals surface area contributed by atoms with Gasteiger partial charge in [0.1, 0.15) is 5.82 Å². The van der Waals surface area contributed by atoms with Crippen molar-refractivity contribution in [2.45, 2.75) is 19.9 Å². The molecule has 1 unspecified atom stereocenters. The minimum Gasteiger partial charge on any atom is -0.373 e. The number of nitrogens with one attached hydrogen (secondary N) is 2. The van der Waals surface area contributed by atoms with Crippen molar-refractivity contribution in [1.82, 2.24) is 10.3 Å². The molecule has 0 aliphatic carbocycles. The largest absolute Gasteiger partial charge is 0.373 e. The number of carbonyl (C=O) groups is 1. The van der Waals surface area contributed by atoms with Crippen LogP contribution in [0.5, 0.6) is 0 Å². The fourth-order valence-electron chi connectivity index (χ4n) is 2.07. The second-order valence-electron chi connectivity index (χ2n) is 4.88. The third kappa shape index (κ3) is 3.95. The van der Waals surface area contributed by atoms with Gasteiger partial charge in [0, 0.05) is 23.3 Å². The molecule has 2 N–H and O–H groups in total. The Kier molecular flexibility index (Phi) is 4.81. The van der Waals surface area contributed by atoms with E-state index in [4.69, 9.17) is 11.6 Å². The number of aryl methyl sites for hydroxylation is 1. The third-order valence-corrected chi connectivity index (χ3v) is 3.40. The van der Waals surface area contributed by atoms with Crippen molar-refractivity contribution in [1.29, 1.82) is 0 Å². The zero-order valence-electron chi connectivity index (χ0n) is 12.3. The molecule has 2 rings (SSSR count). The van der Waals surface area contributed by atoms with Crippen molar-refractivity contribution in [3.63, 3.8) is 0 Å². The number of amides is 1. The lowest BCUT2D eigenvalue weighted by Gasteiger charge is -2.15. The van der Waals surface area contributed by atoms with E-state index < -0.39 is 0 Å². The van der Waals surface area contributed by atoms with Crippen molar-refractivity contribution in [3.8, 4) is 0 Å². The van der Waals surface area contributed by atoms with Gasteiger partial charge in [0.05, 0.1) is 6.04 Å². The van der Waals surface area contributed by atoms with E-state index in [1.54, 1.807) is 19.2 Å². The molecule has 5 heteroatoms. The summed E-state index contributed by atoms with van der Waals surface area (Å²) < 4.78 is 0. The SMILES string of the molecule is CNc1cc(C(=O)NC(C)c2cccc(Cl)c2)cc(C)n1. The summed E-state index contributed by atoms with van der Waals surface area (Å²) in [4.78, 5) is 16.6. The van der Waals surface area contributed by atoms with E-state index in [-0.39, 0.29) is 11.9 Å². The fraction of sp³-hybridized carbons (Fsp3) is 0.250. The number of anilines is 1. The first-order chi connectivity index (χ1) is 9.99. The first-order valence-electron chi connectivity index (χ1n) is 6.72. The number of carbonyl (C=O) groups excluding carboxylic acids is 1. The Morgan fingerprint density at radius 3 is 2.71 bits per heavy atom. The highest BCUT2D eigenvalue weighted by atomic mass is 35.5. The summed E-state index contributed by atoms with van der Waals surface area (Å²) in [7, 11) is 1.78. The summed E-state index contributed by atoms with van der Waals surface area (Å²) in [5.41, 5.74) is 2.35. The molecule has 110 valence electrons. The van der Waals surface area contributed by atoms with Gasteiger partial charge >= 0.3 is 0 Å². The molecule has 1 atom stereocenters. The maximum absolute atomic E-state index is 12.3. The number of pyridine rings is 1. The van der Waals surface area contributed by atoms with Gasteiger partial charge in [-0.3, -0.25) is 4.79 Å². The van der Waals surface area contributed by atoms with Crippen molar-refractivity contribution in [2.24, 2.45) is 0 Å². The van der Waals surface area contributed by atoms with Crippen LogP contribution in [-0.4, -0.2) is 17.9 Å². The summed E-state index contributed by atoms with van der Waals surface area (Å²) >= 11 is 5.97. The number of hydrogen-bond donors (Lipinski definition) is 2. The molecule has 0 aliphatic heterocycles. The van der Waals surface area contributed by atoms with Gasteiger partial charge in [-0.05, 0) is 43.7 Å². The quantitative estimate of drug-likeness (QED) is 0.908. The molecule has 0 spiro atoms. The summed E-state index contributed by atoms with van der Waals surface area (Å²) in [6, 6.07) is 10.8. The number of benzene rings is 1. The minimum atomic E-state index is -0.135. The molecule has 4 nitrogen and oxygen atoms in total. The number of rotatable bonds is 4. The molecule has 1 aromatic carbocycles. The molecule has 0 bridgehead atoms. The minimum absolute atomic E-state index is 0.122. The molecule has 0 saturated carbocycles. The molecule has 1 heterocycles. The van der Waals surface area contributed by atoms with Gasteiger partial charge in [0.15, 0.2) is 0 Å². The monoisotopic (exact) mass is 303 g/mol. The van der Waals surface area contributed by atoms with Gasteiger partial charge in [0.25, 0.3) is 5.91 Å². The van der Waals surface area contributed by atoms with E-state index in [2.05, 4.69) is 15.6 Å². The Balaban J connectivity index is 2.16. The van der Waals surface area contributed by atoms with Crippen LogP contribution in [0.2, 0.25) is 5.02 Å². The van der Waals surface area contributed by atoms with Crippen LogP contribution in [0.15, 0.2) is 36.4 Å². The van der Waals surface area contributed by atoms with Crippen LogP contribution in [0, 0.1) is 6.92 Å². The second-order valence-corrected chi connectivity index (χ2v) is 5.32. The van der Waals surface area contributed by atoms with Gasteiger partial charge in [-0.1, -0.05) is 23.7 Å². The number of nitrogens with zero attached hydrogens (tertiary/aromatic N) is 1. The highest BCUT2D eigenvalue weighted by molar-refractivity contribution is 6.30. The molecule has 1 aromatic heterocycles. The van der Waals surface area contributed by atoms with E-state index in [1.807, 2.05) is 38.1 Å². The lowest BCUT2D eigenvalue weighted by atomic mass is 10.1. The number of halogens is 1. The van der Waals surface area contributed by atoms with E-state index in [0.717, 1.165) is 11.3 Å². The molecular weight excluding hydrogens is 286 g/mol. The van der Waals surface area contributed by atoms with Crippen molar-refractivity contribution < 1.29 is 4.79 Å². The average molecular weight is 304 g/mol. The van der Waals surface area contributed by atoms with Gasteiger partial charge < -0.3 is 10.6 Å². The first kappa shape index (κ1) is 15.3. The third-order valence-electron chi connectivity index (χ3n) is 3.17. The van der Waals surface area contributed by atoms with Crippen molar-refractivity contribution in [3.05, 3.63) is 58.2 Å². The van der Waals surface area contributed by atoms with Crippen molar-refractivity contribution in [2.75, 3.05) is 12.4 Å². The smallest absolute Gasteiger partial charge is 0.251 e. The highest BCUT2D eigenvalue weighted by Gasteiger charge is 2.13. The van der Waals surface area contributed by atoms with E-state index in [9.17, 15) is 4.79 Å². The maximum atomic E-state index is 12.3. The van der Waals surface area contributed by atoms with Crippen LogP contribution in [0.1, 0.15) is 34.6 Å². The number of aromatic nitrogens is 1. The van der Waals surface area contributed by atoms with Gasteiger partial charge in [0.2, 0.25) is 0 Å². The molecule has 2 aromatic rings. The predicted molar refractivity (Wildman–Crippen MR) is 85.9 cm³/mol. The average Bonchev–Trinajstić information content (AvgIpc) is 2.46. The standard InChI is InChI=1S/C16H18ClN3O/c1-10-7-13(9-15(18-3)19-10)16(21)20-11(2)12-5-4-6-14(17)8-12/h4-9,11H,1-3H3,(H,18,19)(H,20,21). The van der Waals surface area contributed by atoms with E-state index >= 15 is 0 Å². The lowest BCUT2D eigenvalue weighted by Crippen LogP contribution is -2.26. The van der Waals surface area contributed by atoms with Gasteiger partial charge in [-0.15, -0.1) is 0 Å². The Bertz CT molecular complexity index is 658. The van der Waals surface area contributed by atoms with Gasteiger partial charge in [-0.2, -0.15) is 0 Å². The number of hydrogen-bond acceptors (Lipinski definition) is 3. The molecule has 0 saturated heterocycles. The molecule has 21 heavy (non-hydrogen) atoms. The summed E-state index contributed by atoms with van der Waals surface area (Å²) in [6.45, 7) is 3.79. The normalized spacial score (nSPS) is 11.8. The van der Waals surface area contributed by atoms with Gasteiger partial charge in [-0.25, -0.2) is 4.98 Å². The van der Waals surface area contributed by atoms with E-state index in [0.29, 0.717) is 16.4 Å². The summed E-state index contributed by atoms with van der Waals surface area (Å²) in [5.74, 6) is 0.542. The van der Waals surface area contributed by atoms with Crippen LogP contribution in [0.25, 0.3) is 0 Å². The molecular formula is C16H18ClN3O. The summed E-state index contributed by atoms with van der Waals surface area (Å²) in [5, 5.41) is 6.57. The Morgan fingerprint density at radius 1 is 1.29 bits per heavy atom. The highest BCUT2D eigenvalue weighted by Crippen LogP contribution is 2.18. The Hall–Kier alpha value is -2.07. The zero-order chi connectivity index (χ0) is 15.4. The first-order valence-corrected chi connectivity index (χ1v) is 7.10. The molecule has 1 amide bonds. The summed E-state index contributed by atoms with van der Waals surface area (Å²) in [6.07, 6.45) is 0. The molecule has 0 radical (unpaired) electrons. The maximum Gasteiger partial charge on any atom is 0.251 e. The van der Waals surface area contributed by atoms with Crippen molar-refractivity contribution >= 4 is 23.3 Å². The van der Waals surface area contributed by atoms with E-state index in [1.165, 1.54) is 0 Å². The van der Waals surface area contributed by atoms with Crippen LogP contribution in [-0.2, 0) is 0 Å². The lowest BCUT2D eigenvalue weighted by molar-refractivity contribution is 0.0939. The predicted octanol–water partition coefficient (Wildman–Crippen LogP) is 3.58. The Morgan fingerprint density at radius 2 is 2.05 bits per heavy atom. The van der Waals surface area contributed by atoms with Crippen LogP contribution >= 0.6 is 11.6 Å². The van der Waals surface area contributed by atoms with Crippen LogP contribution in [0.4, 0.5) is 5.82 Å². The van der Waals surface area contributed by atoms with Crippen LogP contribution in [0.3, 0.4) is 0 Å². The van der Waals surface area contributed by atoms with Crippen LogP contribution < -0.4 is 10.6 Å². The Labute approximate surface area is 129 Å². The fourth-order valence-corrected chi connectivity index (χ4v) is 2.27.